The van der Waals surface area contributed by atoms with Gasteiger partial charge in [-0.3, -0.25) is 19.3 Å². The number of carbonyl (C=O) groups excluding carboxylic acids is 2. The number of amides is 2. The molecule has 31 heavy (non-hydrogen) atoms. The molecule has 2 heterocycles. The van der Waals surface area contributed by atoms with Crippen LogP contribution >= 0.6 is 0 Å². The number of benzene rings is 1. The third kappa shape index (κ3) is 5.19. The molecule has 2 amide bonds. The van der Waals surface area contributed by atoms with Gasteiger partial charge in [0.2, 0.25) is 5.91 Å². The summed E-state index contributed by atoms with van der Waals surface area (Å²) in [4.78, 5) is 41.8. The van der Waals surface area contributed by atoms with Crippen LogP contribution in [0.15, 0.2) is 47.4 Å². The smallest absolute Gasteiger partial charge is 0.257 e. The third-order valence-corrected chi connectivity index (χ3v) is 6.16. The average Bonchev–Trinajstić information content (AvgIpc) is 3.32. The zero-order valence-corrected chi connectivity index (χ0v) is 17.4. The monoisotopic (exact) mass is 426 g/mol. The fourth-order valence-corrected chi connectivity index (χ4v) is 4.38. The van der Waals surface area contributed by atoms with Gasteiger partial charge in [0, 0.05) is 50.2 Å². The lowest BCUT2D eigenvalue weighted by Crippen LogP contribution is -2.52. The van der Waals surface area contributed by atoms with E-state index in [0.29, 0.717) is 24.8 Å². The van der Waals surface area contributed by atoms with E-state index in [2.05, 4.69) is 10.2 Å². The van der Waals surface area contributed by atoms with Crippen LogP contribution in [-0.2, 0) is 11.3 Å². The maximum Gasteiger partial charge on any atom is 0.257 e. The molecule has 0 spiro atoms. The molecule has 8 heteroatoms. The zero-order chi connectivity index (χ0) is 21.8. The van der Waals surface area contributed by atoms with Crippen molar-refractivity contribution in [2.24, 2.45) is 0 Å². The molecule has 1 aromatic carbocycles. The summed E-state index contributed by atoms with van der Waals surface area (Å²) in [7, 11) is 0. The van der Waals surface area contributed by atoms with Crippen molar-refractivity contribution in [3.8, 4) is 0 Å². The Balaban J connectivity index is 1.37. The number of rotatable bonds is 5. The summed E-state index contributed by atoms with van der Waals surface area (Å²) in [5.74, 6) is -0.948. The van der Waals surface area contributed by atoms with Gasteiger partial charge in [-0.2, -0.15) is 0 Å². The fourth-order valence-electron chi connectivity index (χ4n) is 4.38. The molecule has 1 aliphatic carbocycles. The van der Waals surface area contributed by atoms with Gasteiger partial charge in [-0.15, -0.1) is 0 Å². The first-order chi connectivity index (χ1) is 15.0. The largest absolute Gasteiger partial charge is 0.339 e. The topological polar surface area (TPSA) is 74.6 Å². The molecule has 7 nitrogen and oxygen atoms in total. The molecule has 0 atom stereocenters. The van der Waals surface area contributed by atoms with Crippen LogP contribution in [0.1, 0.15) is 36.0 Å². The van der Waals surface area contributed by atoms with Crippen molar-refractivity contribution in [1.82, 2.24) is 14.4 Å². The van der Waals surface area contributed by atoms with Gasteiger partial charge in [0.15, 0.2) is 0 Å². The molecule has 1 aromatic heterocycles. The van der Waals surface area contributed by atoms with Crippen LogP contribution in [0.5, 0.6) is 0 Å². The van der Waals surface area contributed by atoms with Crippen molar-refractivity contribution in [3.05, 3.63) is 64.3 Å². The number of anilines is 1. The van der Waals surface area contributed by atoms with Crippen LogP contribution < -0.4 is 10.9 Å². The highest BCUT2D eigenvalue weighted by atomic mass is 19.1. The molecule has 2 fully saturated rings. The summed E-state index contributed by atoms with van der Waals surface area (Å²) < 4.78 is 14.3. The van der Waals surface area contributed by atoms with Crippen LogP contribution in [0, 0.1) is 5.82 Å². The number of pyridine rings is 1. The lowest BCUT2D eigenvalue weighted by atomic mass is 10.2. The van der Waals surface area contributed by atoms with Crippen molar-refractivity contribution in [2.75, 3.05) is 31.5 Å². The molecule has 4 rings (SSSR count). The van der Waals surface area contributed by atoms with Gasteiger partial charge >= 0.3 is 0 Å². The second-order valence-corrected chi connectivity index (χ2v) is 8.20. The highest BCUT2D eigenvalue weighted by Gasteiger charge is 2.28. The molecular weight excluding hydrogens is 399 g/mol. The summed E-state index contributed by atoms with van der Waals surface area (Å²) >= 11 is 0. The average molecular weight is 426 g/mol. The third-order valence-electron chi connectivity index (χ3n) is 6.16. The summed E-state index contributed by atoms with van der Waals surface area (Å²) in [6.45, 7) is 2.96. The first-order valence-corrected chi connectivity index (χ1v) is 10.8. The Kier molecular flexibility index (Phi) is 6.46. The quantitative estimate of drug-likeness (QED) is 0.796. The van der Waals surface area contributed by atoms with Crippen LogP contribution in [0.4, 0.5) is 10.1 Å². The van der Waals surface area contributed by atoms with Gasteiger partial charge in [0.25, 0.3) is 11.5 Å². The maximum atomic E-state index is 13.0. The van der Waals surface area contributed by atoms with Gasteiger partial charge in [-0.25, -0.2) is 4.39 Å². The Hall–Kier alpha value is -3.00. The van der Waals surface area contributed by atoms with Gasteiger partial charge in [-0.1, -0.05) is 12.8 Å². The molecular formula is C23H27FN4O3. The number of piperazine rings is 1. The zero-order valence-electron chi connectivity index (χ0n) is 17.4. The van der Waals surface area contributed by atoms with Crippen molar-refractivity contribution in [3.63, 3.8) is 0 Å². The minimum absolute atomic E-state index is 0.0973. The van der Waals surface area contributed by atoms with E-state index in [1.54, 1.807) is 4.90 Å². The Morgan fingerprint density at radius 2 is 1.65 bits per heavy atom. The van der Waals surface area contributed by atoms with Crippen molar-refractivity contribution in [2.45, 2.75) is 38.3 Å². The summed E-state index contributed by atoms with van der Waals surface area (Å²) in [5.41, 5.74) is 0.361. The van der Waals surface area contributed by atoms with E-state index in [1.807, 2.05) is 0 Å². The van der Waals surface area contributed by atoms with Crippen molar-refractivity contribution < 1.29 is 14.0 Å². The maximum absolute atomic E-state index is 13.0. The second kappa shape index (κ2) is 9.43. The number of carbonyl (C=O) groups is 2. The first kappa shape index (κ1) is 21.2. The molecule has 1 N–H and O–H groups in total. The molecule has 1 saturated heterocycles. The van der Waals surface area contributed by atoms with Gasteiger partial charge < -0.3 is 14.8 Å². The Morgan fingerprint density at radius 1 is 0.968 bits per heavy atom. The lowest BCUT2D eigenvalue weighted by Gasteiger charge is -2.38. The predicted octanol–water partition coefficient (Wildman–Crippen LogP) is 2.33. The number of nitrogens with one attached hydrogen (secondary N) is 1. The summed E-state index contributed by atoms with van der Waals surface area (Å²) in [5, 5.41) is 2.66. The Labute approximate surface area is 180 Å². The SMILES string of the molecule is O=C(Nc1ccc(F)cc1)c1ccc(=O)n(CC(=O)N2CCN(C3CCCC3)CC2)c1. The minimum Gasteiger partial charge on any atom is -0.339 e. The van der Waals surface area contributed by atoms with E-state index in [-0.39, 0.29) is 23.6 Å². The van der Waals surface area contributed by atoms with Gasteiger partial charge in [0.1, 0.15) is 12.4 Å². The molecule has 1 aliphatic heterocycles. The lowest BCUT2D eigenvalue weighted by molar-refractivity contribution is -0.134. The van der Waals surface area contributed by atoms with Crippen LogP contribution in [0.25, 0.3) is 0 Å². The van der Waals surface area contributed by atoms with Gasteiger partial charge in [0.05, 0.1) is 5.56 Å². The fraction of sp³-hybridized carbons (Fsp3) is 0.435. The standard InChI is InChI=1S/C23H27FN4O3/c24-18-6-8-19(9-7-18)25-23(31)17-5-10-21(29)28(15-17)16-22(30)27-13-11-26(12-14-27)20-3-1-2-4-20/h5-10,15,20H,1-4,11-14,16H2,(H,25,31). The molecule has 0 radical (unpaired) electrons. The van der Waals surface area contributed by atoms with E-state index in [9.17, 15) is 18.8 Å². The van der Waals surface area contributed by atoms with E-state index in [1.165, 1.54) is 72.8 Å². The molecule has 2 aliphatic rings. The minimum atomic E-state index is -0.432. The number of aromatic nitrogens is 1. The Morgan fingerprint density at radius 3 is 2.32 bits per heavy atom. The van der Waals surface area contributed by atoms with Crippen LogP contribution in [0.2, 0.25) is 0 Å². The van der Waals surface area contributed by atoms with E-state index in [0.717, 1.165) is 13.1 Å². The number of hydrogen-bond donors (Lipinski definition) is 1. The number of nitrogens with zero attached hydrogens (tertiary/aromatic N) is 3. The van der Waals surface area contributed by atoms with Crippen molar-refractivity contribution in [1.29, 1.82) is 0 Å². The summed E-state index contributed by atoms with van der Waals surface area (Å²) in [6.07, 6.45) is 6.47. The number of hydrogen-bond acceptors (Lipinski definition) is 4. The number of halogens is 1. The predicted molar refractivity (Wildman–Crippen MR) is 115 cm³/mol. The van der Waals surface area contributed by atoms with Crippen molar-refractivity contribution >= 4 is 17.5 Å². The second-order valence-electron chi connectivity index (χ2n) is 8.20. The molecule has 164 valence electrons. The molecule has 0 unspecified atom stereocenters. The molecule has 1 saturated carbocycles. The van der Waals surface area contributed by atoms with E-state index in [4.69, 9.17) is 0 Å². The Bertz CT molecular complexity index is 991. The molecule has 2 aromatic rings. The van der Waals surface area contributed by atoms with Gasteiger partial charge in [-0.05, 0) is 43.2 Å². The van der Waals surface area contributed by atoms with E-state index >= 15 is 0 Å². The summed E-state index contributed by atoms with van der Waals surface area (Å²) in [6, 6.07) is 8.77. The van der Waals surface area contributed by atoms with Crippen LogP contribution in [-0.4, -0.2) is 58.4 Å². The van der Waals surface area contributed by atoms with E-state index < -0.39 is 11.7 Å². The first-order valence-electron chi connectivity index (χ1n) is 10.8. The normalized spacial score (nSPS) is 17.6. The molecule has 0 bridgehead atoms. The highest BCUT2D eigenvalue weighted by Crippen LogP contribution is 2.24. The van der Waals surface area contributed by atoms with Crippen LogP contribution in [0.3, 0.4) is 0 Å². The highest BCUT2D eigenvalue weighted by molar-refractivity contribution is 6.04.